The molecule has 1 amide bonds. The highest BCUT2D eigenvalue weighted by atomic mass is 35.5. The largest absolute Gasteiger partial charge is 0.497 e. The Morgan fingerprint density at radius 1 is 1.56 bits per heavy atom. The molecule has 0 radical (unpaired) electrons. The van der Waals surface area contributed by atoms with E-state index in [1.165, 1.54) is 0 Å². The maximum atomic E-state index is 11.8. The van der Waals surface area contributed by atoms with Crippen molar-refractivity contribution in [1.29, 1.82) is 0 Å². The third-order valence-electron chi connectivity index (χ3n) is 2.33. The standard InChI is InChI=1S/C12H12ClN3O2/c1-18-10-4-2-3-9(7-10)15-11(17)8-16-6-5-14-12(16)13/h2-7H,8H2,1H3,(H,15,17). The van der Waals surface area contributed by atoms with Crippen molar-refractivity contribution in [3.8, 4) is 5.75 Å². The SMILES string of the molecule is COc1cccc(NC(=O)Cn2ccnc2Cl)c1. The molecule has 0 saturated heterocycles. The molecular formula is C12H12ClN3O2. The van der Waals surface area contributed by atoms with Crippen LogP contribution in [-0.2, 0) is 11.3 Å². The van der Waals surface area contributed by atoms with Gasteiger partial charge in [-0.25, -0.2) is 4.98 Å². The monoisotopic (exact) mass is 265 g/mol. The number of hydrogen-bond acceptors (Lipinski definition) is 3. The molecule has 2 rings (SSSR count). The van der Waals surface area contributed by atoms with Gasteiger partial charge >= 0.3 is 0 Å². The Bertz CT molecular complexity index is 554. The Hall–Kier alpha value is -2.01. The lowest BCUT2D eigenvalue weighted by atomic mass is 10.3. The predicted molar refractivity (Wildman–Crippen MR) is 68.9 cm³/mol. The van der Waals surface area contributed by atoms with E-state index >= 15 is 0 Å². The summed E-state index contributed by atoms with van der Waals surface area (Å²) in [6.07, 6.45) is 3.19. The zero-order chi connectivity index (χ0) is 13.0. The molecular weight excluding hydrogens is 254 g/mol. The quantitative estimate of drug-likeness (QED) is 0.922. The number of anilines is 1. The Balaban J connectivity index is 2.01. The molecule has 0 bridgehead atoms. The summed E-state index contributed by atoms with van der Waals surface area (Å²) in [5.41, 5.74) is 0.676. The van der Waals surface area contributed by atoms with Gasteiger partial charge in [0.1, 0.15) is 12.3 Å². The van der Waals surface area contributed by atoms with E-state index in [0.717, 1.165) is 0 Å². The van der Waals surface area contributed by atoms with Crippen LogP contribution in [0, 0.1) is 0 Å². The molecule has 0 unspecified atom stereocenters. The molecule has 1 N–H and O–H groups in total. The number of amides is 1. The van der Waals surface area contributed by atoms with Crippen LogP contribution < -0.4 is 10.1 Å². The van der Waals surface area contributed by atoms with E-state index in [4.69, 9.17) is 16.3 Å². The second-order valence-electron chi connectivity index (χ2n) is 3.60. The first kappa shape index (κ1) is 12.4. The molecule has 1 heterocycles. The van der Waals surface area contributed by atoms with Gasteiger partial charge in [-0.05, 0) is 23.7 Å². The number of benzene rings is 1. The van der Waals surface area contributed by atoms with Crippen molar-refractivity contribution >= 4 is 23.2 Å². The summed E-state index contributed by atoms with van der Waals surface area (Å²) in [4.78, 5) is 15.6. The summed E-state index contributed by atoms with van der Waals surface area (Å²) in [5, 5.41) is 3.04. The first-order chi connectivity index (χ1) is 8.69. The summed E-state index contributed by atoms with van der Waals surface area (Å²) in [5.74, 6) is 0.511. The van der Waals surface area contributed by atoms with Gasteiger partial charge in [0.25, 0.3) is 0 Å². The van der Waals surface area contributed by atoms with E-state index in [-0.39, 0.29) is 17.7 Å². The molecule has 1 aromatic carbocycles. The van der Waals surface area contributed by atoms with Gasteiger partial charge in [-0.15, -0.1) is 0 Å². The summed E-state index contributed by atoms with van der Waals surface area (Å²) < 4.78 is 6.63. The molecule has 1 aromatic heterocycles. The lowest BCUT2D eigenvalue weighted by molar-refractivity contribution is -0.116. The van der Waals surface area contributed by atoms with Crippen LogP contribution in [0.3, 0.4) is 0 Å². The molecule has 18 heavy (non-hydrogen) atoms. The summed E-state index contributed by atoms with van der Waals surface area (Å²) in [7, 11) is 1.58. The van der Waals surface area contributed by atoms with E-state index in [0.29, 0.717) is 11.4 Å². The van der Waals surface area contributed by atoms with Crippen molar-refractivity contribution in [1.82, 2.24) is 9.55 Å². The van der Waals surface area contributed by atoms with E-state index in [2.05, 4.69) is 10.3 Å². The van der Waals surface area contributed by atoms with Crippen molar-refractivity contribution in [3.63, 3.8) is 0 Å². The minimum Gasteiger partial charge on any atom is -0.497 e. The van der Waals surface area contributed by atoms with Crippen LogP contribution >= 0.6 is 11.6 Å². The second kappa shape index (κ2) is 5.55. The van der Waals surface area contributed by atoms with Crippen LogP contribution in [0.2, 0.25) is 5.28 Å². The fourth-order valence-electron chi connectivity index (χ4n) is 1.48. The average Bonchev–Trinajstić information content (AvgIpc) is 2.75. The zero-order valence-electron chi connectivity index (χ0n) is 9.76. The normalized spacial score (nSPS) is 10.1. The smallest absolute Gasteiger partial charge is 0.244 e. The van der Waals surface area contributed by atoms with E-state index in [9.17, 15) is 4.79 Å². The van der Waals surface area contributed by atoms with Gasteiger partial charge in [0.05, 0.1) is 7.11 Å². The van der Waals surface area contributed by atoms with Crippen molar-refractivity contribution in [2.75, 3.05) is 12.4 Å². The minimum atomic E-state index is -0.178. The van der Waals surface area contributed by atoms with Crippen LogP contribution in [0.4, 0.5) is 5.69 Å². The highest BCUT2D eigenvalue weighted by Crippen LogP contribution is 2.16. The average molecular weight is 266 g/mol. The van der Waals surface area contributed by atoms with Crippen LogP contribution in [0.15, 0.2) is 36.7 Å². The molecule has 94 valence electrons. The third-order valence-corrected chi connectivity index (χ3v) is 2.65. The van der Waals surface area contributed by atoms with Crippen molar-refractivity contribution < 1.29 is 9.53 Å². The predicted octanol–water partition coefficient (Wildman–Crippen LogP) is 2.18. The van der Waals surface area contributed by atoms with Gasteiger partial charge in [0.2, 0.25) is 11.2 Å². The number of ether oxygens (including phenoxy) is 1. The number of nitrogens with zero attached hydrogens (tertiary/aromatic N) is 2. The molecule has 6 heteroatoms. The number of methoxy groups -OCH3 is 1. The summed E-state index contributed by atoms with van der Waals surface area (Å²) in [6, 6.07) is 7.14. The number of rotatable bonds is 4. The van der Waals surface area contributed by atoms with E-state index < -0.39 is 0 Å². The third kappa shape index (κ3) is 3.01. The van der Waals surface area contributed by atoms with Crippen LogP contribution in [0.1, 0.15) is 0 Å². The number of hydrogen-bond donors (Lipinski definition) is 1. The van der Waals surface area contributed by atoms with Gasteiger partial charge in [-0.1, -0.05) is 6.07 Å². The van der Waals surface area contributed by atoms with Crippen molar-refractivity contribution in [2.45, 2.75) is 6.54 Å². The Morgan fingerprint density at radius 3 is 3.06 bits per heavy atom. The fraction of sp³-hybridized carbons (Fsp3) is 0.167. The summed E-state index contributed by atoms with van der Waals surface area (Å²) >= 11 is 5.79. The summed E-state index contributed by atoms with van der Waals surface area (Å²) in [6.45, 7) is 0.121. The molecule has 0 fully saturated rings. The number of imidazole rings is 1. The number of nitrogens with one attached hydrogen (secondary N) is 1. The van der Waals surface area contributed by atoms with Crippen LogP contribution in [-0.4, -0.2) is 22.6 Å². The molecule has 0 atom stereocenters. The van der Waals surface area contributed by atoms with Gasteiger partial charge in [0.15, 0.2) is 0 Å². The molecule has 0 aliphatic rings. The maximum absolute atomic E-state index is 11.8. The van der Waals surface area contributed by atoms with Crippen molar-refractivity contribution in [2.24, 2.45) is 0 Å². The number of aromatic nitrogens is 2. The fourth-order valence-corrected chi connectivity index (χ4v) is 1.66. The highest BCUT2D eigenvalue weighted by molar-refractivity contribution is 6.28. The van der Waals surface area contributed by atoms with Gasteiger partial charge in [-0.3, -0.25) is 4.79 Å². The van der Waals surface area contributed by atoms with Gasteiger partial charge in [-0.2, -0.15) is 0 Å². The van der Waals surface area contributed by atoms with E-state index in [1.807, 2.05) is 6.07 Å². The van der Waals surface area contributed by atoms with Crippen molar-refractivity contribution in [3.05, 3.63) is 41.9 Å². The van der Waals surface area contributed by atoms with Gasteiger partial charge in [0, 0.05) is 24.1 Å². The maximum Gasteiger partial charge on any atom is 0.244 e. The molecule has 0 spiro atoms. The van der Waals surface area contributed by atoms with E-state index in [1.54, 1.807) is 42.3 Å². The number of carbonyl (C=O) groups excluding carboxylic acids is 1. The van der Waals surface area contributed by atoms with Gasteiger partial charge < -0.3 is 14.6 Å². The molecule has 0 saturated carbocycles. The number of carbonyl (C=O) groups is 1. The molecule has 0 aliphatic heterocycles. The minimum absolute atomic E-state index is 0.121. The molecule has 5 nitrogen and oxygen atoms in total. The lowest BCUT2D eigenvalue weighted by Crippen LogP contribution is -2.18. The first-order valence-electron chi connectivity index (χ1n) is 5.29. The Morgan fingerprint density at radius 2 is 2.39 bits per heavy atom. The topological polar surface area (TPSA) is 56.1 Å². The Labute approximate surface area is 109 Å². The highest BCUT2D eigenvalue weighted by Gasteiger charge is 2.06. The van der Waals surface area contributed by atoms with Crippen LogP contribution in [0.5, 0.6) is 5.75 Å². The first-order valence-corrected chi connectivity index (χ1v) is 5.67. The molecule has 2 aromatic rings. The zero-order valence-corrected chi connectivity index (χ0v) is 10.5. The lowest BCUT2D eigenvalue weighted by Gasteiger charge is -2.07. The molecule has 0 aliphatic carbocycles. The second-order valence-corrected chi connectivity index (χ2v) is 3.94. The Kier molecular flexibility index (Phi) is 3.84. The number of halogens is 1. The van der Waals surface area contributed by atoms with Crippen LogP contribution in [0.25, 0.3) is 0 Å².